The van der Waals surface area contributed by atoms with Crippen LogP contribution in [0.4, 0.5) is 28.4 Å². The summed E-state index contributed by atoms with van der Waals surface area (Å²) in [6.45, 7) is 16.1. The average molecular weight is 1420 g/mol. The lowest BCUT2D eigenvalue weighted by Gasteiger charge is -2.53. The van der Waals surface area contributed by atoms with Crippen LogP contribution in [0.1, 0.15) is 156 Å². The highest BCUT2D eigenvalue weighted by Gasteiger charge is 2.54. The molecule has 3 aliphatic carbocycles. The minimum absolute atomic E-state index is 0.0122. The Bertz CT molecular complexity index is 7230. The first-order valence-corrected chi connectivity index (χ1v) is 38.2. The Kier molecular flexibility index (Phi) is 10.9. The standard InChI is InChI=1S/C102H93B2N3O/c1-100(2,3)74-57-78(67-39-23-13-24-40-67)96(79(58-74)68-41-25-14-26-42-68)106-87-55-71(64-33-17-10-18-34-64)49-51-83(87)104-93-88(106)61-76(102(7,8)9)62-89(93)107(97-80(69-43-27-15-28-44-69)59-75(101(4,5)6)60-81(97)70-45-29-16-30-46-70)91-63-90-94-99(95(91)104)108-92-56-72(65-35-19-11-20-36-65)50-52-84(92)103(94)85-54-73(66-37-21-12-22-38-66)53-82-77-47-31-32-48-86(77)105(90)98(82)85/h10-13,15-23,27-38,41,43-57,59-63,67,74,79,96H,14,24-26,39-40,42,58H2,1-9H3/i10D,11D,17D,18D,19D,20D,31D,32D,33D,34D,35D,36D,47D,48D,49D,50D,51D,52D,53D,54D,55D,56D,63D. The summed E-state index contributed by atoms with van der Waals surface area (Å²) in [5.74, 6) is -1.27. The van der Waals surface area contributed by atoms with Gasteiger partial charge >= 0.3 is 0 Å². The van der Waals surface area contributed by atoms with Gasteiger partial charge in [0.05, 0.1) is 48.8 Å². The van der Waals surface area contributed by atoms with Crippen LogP contribution >= 0.6 is 0 Å². The molecule has 0 amide bonds. The highest BCUT2D eigenvalue weighted by Crippen LogP contribution is 2.57. The number of allylic oxidation sites excluding steroid dienone is 4. The molecule has 0 saturated carbocycles. The maximum atomic E-state index is 12.5. The maximum Gasteiger partial charge on any atom is 0.256 e. The van der Waals surface area contributed by atoms with Crippen molar-refractivity contribution in [2.24, 2.45) is 23.2 Å². The minimum atomic E-state index is -1.74. The monoisotopic (exact) mass is 1420 g/mol. The number of fused-ring (bicyclic) bond motifs is 12. The van der Waals surface area contributed by atoms with Crippen molar-refractivity contribution < 1.29 is 36.3 Å². The smallest absolute Gasteiger partial charge is 0.256 e. The molecule has 7 aliphatic rings. The van der Waals surface area contributed by atoms with Gasteiger partial charge in [0.25, 0.3) is 13.4 Å². The molecule has 6 heteroatoms. The molecule has 108 heavy (non-hydrogen) atoms. The van der Waals surface area contributed by atoms with E-state index in [1.165, 1.54) is 10.1 Å². The van der Waals surface area contributed by atoms with Crippen LogP contribution in [-0.2, 0) is 10.8 Å². The molecule has 0 radical (unpaired) electrons. The number of rotatable bonds is 9. The van der Waals surface area contributed by atoms with Crippen LogP contribution in [0.15, 0.2) is 290 Å². The Balaban J connectivity index is 1.08. The number of hydrogen-bond donors (Lipinski definition) is 0. The predicted molar refractivity (Wildman–Crippen MR) is 460 cm³/mol. The number of ether oxygens (including phenoxy) is 1. The number of aromatic nitrogens is 1. The van der Waals surface area contributed by atoms with Crippen molar-refractivity contribution in [2.45, 2.75) is 131 Å². The molecule has 0 N–H and O–H groups in total. The number of nitrogens with zero attached hydrogens (tertiary/aromatic N) is 3. The van der Waals surface area contributed by atoms with Crippen molar-refractivity contribution in [1.82, 2.24) is 4.57 Å². The van der Waals surface area contributed by atoms with Gasteiger partial charge in [0.15, 0.2) is 0 Å². The molecule has 1 aromatic heterocycles. The van der Waals surface area contributed by atoms with Gasteiger partial charge in [-0.1, -0.05) is 292 Å². The van der Waals surface area contributed by atoms with Crippen LogP contribution < -0.4 is 47.3 Å². The molecule has 528 valence electrons. The van der Waals surface area contributed by atoms with E-state index in [1.54, 1.807) is 30.3 Å². The lowest BCUT2D eigenvalue weighted by atomic mass is 9.30. The Morgan fingerprint density at radius 1 is 0.481 bits per heavy atom. The van der Waals surface area contributed by atoms with E-state index in [0.29, 0.717) is 52.1 Å². The van der Waals surface area contributed by atoms with E-state index in [0.717, 1.165) is 66.4 Å². The first kappa shape index (κ1) is 46.4. The summed E-state index contributed by atoms with van der Waals surface area (Å²) in [6, 6.07) is 20.8. The molecule has 0 spiro atoms. The molecule has 12 aromatic carbocycles. The largest absolute Gasteiger partial charge is 0.459 e. The summed E-state index contributed by atoms with van der Waals surface area (Å²) < 4.78 is 245. The molecule has 4 nitrogen and oxygen atoms in total. The SMILES string of the molecule is [2H]c1c([2H])c([2H])c(-c2c([2H])c([2H])c3c(c2[2H])Oc2c4c(c([2H])c5c2B3c2c([2H])c(-c3ccccc3)c([2H])c3c6c([2H])c([2H])c([2H])c([2H])c6n-5c23)N(c2c(-c3ccccc3)cc(C(C)(C)C)cc2-c2ccccc2)c2cc(C(C)(C)C)cc3c2B4c2c([2H])c([2H])c(-c4c([2H])c([2H])c([2H])c([2H])c4[2H])c([2H])c2N3C2C(C3CC=CCC3)=CC(C(C)(C)C)CC2C2=CCCCC2)c([2H])c1[2H]. The lowest BCUT2D eigenvalue weighted by Crippen LogP contribution is -2.66. The van der Waals surface area contributed by atoms with Crippen LogP contribution in [0.25, 0.3) is 83.1 Å². The highest BCUT2D eigenvalue weighted by molar-refractivity contribution is 7.03. The third-order valence-corrected chi connectivity index (χ3v) is 23.8. The average Bonchev–Trinajstić information content (AvgIpc) is 1.63. The zero-order valence-corrected chi connectivity index (χ0v) is 62.1. The van der Waals surface area contributed by atoms with Gasteiger partial charge in [-0.25, -0.2) is 0 Å². The van der Waals surface area contributed by atoms with E-state index in [4.69, 9.17) is 10.2 Å². The summed E-state index contributed by atoms with van der Waals surface area (Å²) in [5.41, 5.74) is 4.12. The van der Waals surface area contributed by atoms with Crippen molar-refractivity contribution in [3.8, 4) is 72.8 Å². The molecule has 0 saturated heterocycles. The quantitative estimate of drug-likeness (QED) is 0.106. The molecule has 4 atom stereocenters. The highest BCUT2D eigenvalue weighted by atomic mass is 16.5. The fraction of sp³-hybridized carbons (Fsp3) is 0.235. The van der Waals surface area contributed by atoms with Gasteiger partial charge in [0.2, 0.25) is 0 Å². The van der Waals surface area contributed by atoms with E-state index in [-0.39, 0.29) is 113 Å². The van der Waals surface area contributed by atoms with Crippen molar-refractivity contribution in [3.05, 3.63) is 301 Å². The molecule has 0 fully saturated rings. The van der Waals surface area contributed by atoms with E-state index in [2.05, 4.69) is 121 Å². The third kappa shape index (κ3) is 10.8. The number of anilines is 5. The third-order valence-electron chi connectivity index (χ3n) is 23.8. The van der Waals surface area contributed by atoms with Gasteiger partial charge in [-0.3, -0.25) is 0 Å². The maximum absolute atomic E-state index is 12.5. The van der Waals surface area contributed by atoms with Crippen LogP contribution in [0.3, 0.4) is 0 Å². The van der Waals surface area contributed by atoms with Crippen molar-refractivity contribution in [3.63, 3.8) is 0 Å². The Labute approximate surface area is 671 Å². The van der Waals surface area contributed by atoms with E-state index >= 15 is 0 Å². The zero-order chi connectivity index (χ0) is 93.1. The summed E-state index contributed by atoms with van der Waals surface area (Å²) >= 11 is 0. The summed E-state index contributed by atoms with van der Waals surface area (Å²) in [7, 11) is 0. The fourth-order valence-electron chi connectivity index (χ4n) is 18.4. The number of para-hydroxylation sites is 1. The zero-order valence-electron chi connectivity index (χ0n) is 85.1. The summed E-state index contributed by atoms with van der Waals surface area (Å²) in [5, 5.41) is -0.247. The topological polar surface area (TPSA) is 20.6 Å². The second-order valence-corrected chi connectivity index (χ2v) is 33.4. The predicted octanol–water partition coefficient (Wildman–Crippen LogP) is 23.2. The van der Waals surface area contributed by atoms with Gasteiger partial charge < -0.3 is 19.1 Å². The normalized spacial score (nSPS) is 21.4. The second-order valence-electron chi connectivity index (χ2n) is 33.4. The molecule has 4 unspecified atom stereocenters. The fourth-order valence-corrected chi connectivity index (χ4v) is 18.4. The van der Waals surface area contributed by atoms with Gasteiger partial charge in [0.1, 0.15) is 11.5 Å². The van der Waals surface area contributed by atoms with Gasteiger partial charge in [0, 0.05) is 61.8 Å². The van der Waals surface area contributed by atoms with Gasteiger partial charge in [-0.05, 0) is 228 Å². The molecule has 13 aromatic rings. The summed E-state index contributed by atoms with van der Waals surface area (Å²) in [4.78, 5) is 4.27. The Hall–Kier alpha value is -10.8. The van der Waals surface area contributed by atoms with Crippen LogP contribution in [-0.4, -0.2) is 24.0 Å². The molecule has 4 aliphatic heterocycles. The second kappa shape index (κ2) is 25.4. The first-order chi connectivity index (χ1) is 62.1. The minimum Gasteiger partial charge on any atom is -0.459 e. The lowest BCUT2D eigenvalue weighted by molar-refractivity contribution is 0.220. The molecular formula is C102H93B2N3O. The molecular weight excluding hydrogens is 1300 g/mol. The van der Waals surface area contributed by atoms with Gasteiger partial charge in [-0.2, -0.15) is 0 Å². The number of hydrogen-bond acceptors (Lipinski definition) is 3. The number of benzene rings is 12. The molecule has 0 bridgehead atoms. The first-order valence-electron chi connectivity index (χ1n) is 49.7. The Morgan fingerprint density at radius 3 is 1.74 bits per heavy atom. The van der Waals surface area contributed by atoms with Gasteiger partial charge in [-0.15, -0.1) is 0 Å². The van der Waals surface area contributed by atoms with E-state index < -0.39 is 185 Å². The molecule has 5 heterocycles. The van der Waals surface area contributed by atoms with Crippen LogP contribution in [0.2, 0.25) is 0 Å². The van der Waals surface area contributed by atoms with Crippen LogP contribution in [0.5, 0.6) is 11.5 Å². The van der Waals surface area contributed by atoms with E-state index in [9.17, 15) is 26.0 Å². The van der Waals surface area contributed by atoms with Crippen molar-refractivity contribution in [2.75, 3.05) is 9.80 Å². The molecule has 20 rings (SSSR count). The van der Waals surface area contributed by atoms with Crippen molar-refractivity contribution >= 4 is 96.4 Å². The van der Waals surface area contributed by atoms with E-state index in [1.807, 2.05) is 60.7 Å². The van der Waals surface area contributed by atoms with Crippen LogP contribution in [0, 0.1) is 23.2 Å². The Morgan fingerprint density at radius 2 is 1.10 bits per heavy atom. The van der Waals surface area contributed by atoms with Crippen molar-refractivity contribution in [1.29, 1.82) is 0 Å². The summed E-state index contributed by atoms with van der Waals surface area (Å²) in [6.07, 6.45) is 15.3.